The molecule has 0 heterocycles. The number of rotatable bonds is 21. The van der Waals surface area contributed by atoms with Crippen molar-refractivity contribution >= 4 is 11.7 Å². The Morgan fingerprint density at radius 1 is 0.758 bits per heavy atom. The van der Waals surface area contributed by atoms with Crippen LogP contribution in [-0.2, 0) is 0 Å². The number of urea groups is 1. The van der Waals surface area contributed by atoms with E-state index in [1.807, 2.05) is 0 Å². The maximum absolute atomic E-state index is 12.0. The average molecular weight is 463 g/mol. The molecule has 1 aromatic carbocycles. The van der Waals surface area contributed by atoms with Crippen LogP contribution in [0.5, 0.6) is 11.5 Å². The normalized spacial score (nSPS) is 10.8. The van der Waals surface area contributed by atoms with Gasteiger partial charge in [0.15, 0.2) is 0 Å². The fourth-order valence-electron chi connectivity index (χ4n) is 4.19. The average Bonchev–Trinajstić information content (AvgIpc) is 2.80. The first-order valence-electron chi connectivity index (χ1n) is 13.6. The third-order valence-corrected chi connectivity index (χ3v) is 6.25. The molecule has 0 aliphatic rings. The second-order valence-corrected chi connectivity index (χ2v) is 9.28. The van der Waals surface area contributed by atoms with E-state index in [0.717, 1.165) is 12.8 Å². The number of aromatic hydroxyl groups is 1. The lowest BCUT2D eigenvalue weighted by atomic mass is 10.0. The van der Waals surface area contributed by atoms with Gasteiger partial charge in [-0.05, 0) is 18.6 Å². The van der Waals surface area contributed by atoms with Crippen LogP contribution in [0.1, 0.15) is 122 Å². The number of phenolic OH excluding ortho intramolecular Hbond substituents is 1. The van der Waals surface area contributed by atoms with E-state index in [0.29, 0.717) is 18.0 Å². The molecule has 1 rings (SSSR count). The molecule has 5 nitrogen and oxygen atoms in total. The van der Waals surface area contributed by atoms with Crippen molar-refractivity contribution in [3.63, 3.8) is 0 Å². The fraction of sp³-hybridized carbons (Fsp3) is 0.750. The molecule has 0 aliphatic carbocycles. The summed E-state index contributed by atoms with van der Waals surface area (Å²) in [7, 11) is 1.54. The minimum atomic E-state index is -0.272. The lowest BCUT2D eigenvalue weighted by Gasteiger charge is -2.11. The van der Waals surface area contributed by atoms with E-state index in [1.165, 1.54) is 122 Å². The number of carbonyl (C=O) groups is 1. The first-order valence-corrected chi connectivity index (χ1v) is 13.6. The van der Waals surface area contributed by atoms with Gasteiger partial charge in [0.05, 0.1) is 12.8 Å². The highest BCUT2D eigenvalue weighted by molar-refractivity contribution is 5.91. The van der Waals surface area contributed by atoms with Gasteiger partial charge in [0, 0.05) is 12.6 Å². The van der Waals surface area contributed by atoms with Crippen LogP contribution in [0.2, 0.25) is 0 Å². The second-order valence-electron chi connectivity index (χ2n) is 9.28. The first kappa shape index (κ1) is 29.1. The quantitative estimate of drug-likeness (QED) is 0.160. The molecule has 2 amide bonds. The maximum atomic E-state index is 12.0. The van der Waals surface area contributed by atoms with Crippen LogP contribution in [0.25, 0.3) is 0 Å². The van der Waals surface area contributed by atoms with Gasteiger partial charge in [-0.1, -0.05) is 116 Å². The summed E-state index contributed by atoms with van der Waals surface area (Å²) in [6.07, 6.45) is 24.4. The summed E-state index contributed by atoms with van der Waals surface area (Å²) in [4.78, 5) is 12.0. The molecule has 0 aliphatic heterocycles. The number of phenols is 1. The van der Waals surface area contributed by atoms with E-state index in [1.54, 1.807) is 6.07 Å². The van der Waals surface area contributed by atoms with Crippen LogP contribution in [0, 0.1) is 0 Å². The van der Waals surface area contributed by atoms with Gasteiger partial charge >= 0.3 is 6.03 Å². The molecule has 0 aromatic heterocycles. The molecule has 0 saturated heterocycles. The second kappa shape index (κ2) is 20.7. The van der Waals surface area contributed by atoms with Crippen molar-refractivity contribution in [2.75, 3.05) is 19.0 Å². The zero-order valence-electron chi connectivity index (χ0n) is 21.4. The zero-order valence-corrected chi connectivity index (χ0v) is 21.4. The number of nitrogens with one attached hydrogen (secondary N) is 2. The highest BCUT2D eigenvalue weighted by Gasteiger charge is 2.07. The molecule has 0 radical (unpaired) electrons. The summed E-state index contributed by atoms with van der Waals surface area (Å²) in [6.45, 7) is 2.94. The third kappa shape index (κ3) is 16.4. The predicted molar refractivity (Wildman–Crippen MR) is 140 cm³/mol. The lowest BCUT2D eigenvalue weighted by molar-refractivity contribution is 0.251. The van der Waals surface area contributed by atoms with Crippen molar-refractivity contribution in [1.82, 2.24) is 5.32 Å². The van der Waals surface area contributed by atoms with Gasteiger partial charge in [-0.3, -0.25) is 0 Å². The number of unbranched alkanes of at least 4 members (excludes halogenated alkanes) is 17. The standard InChI is InChI=1S/C28H50N2O3/c1-3-4-5-6-7-8-9-10-11-12-13-14-15-16-17-18-19-20-23-29-28(32)30-26-24-25(31)21-22-27(26)33-2/h21-22,24,31H,3-20,23H2,1-2H3,(H2,29,30,32). The highest BCUT2D eigenvalue weighted by atomic mass is 16.5. The summed E-state index contributed by atoms with van der Waals surface area (Å²) in [5.74, 6) is 0.616. The van der Waals surface area contributed by atoms with Crippen molar-refractivity contribution in [3.05, 3.63) is 18.2 Å². The van der Waals surface area contributed by atoms with Crippen LogP contribution in [0.3, 0.4) is 0 Å². The van der Waals surface area contributed by atoms with Gasteiger partial charge in [0.25, 0.3) is 0 Å². The molecule has 0 fully saturated rings. The van der Waals surface area contributed by atoms with Crippen molar-refractivity contribution in [1.29, 1.82) is 0 Å². The number of hydrogen-bond donors (Lipinski definition) is 3. The Labute approximate surface area is 203 Å². The van der Waals surface area contributed by atoms with Crippen molar-refractivity contribution < 1.29 is 14.6 Å². The Morgan fingerprint density at radius 2 is 1.21 bits per heavy atom. The minimum absolute atomic E-state index is 0.0922. The van der Waals surface area contributed by atoms with Crippen molar-refractivity contribution in [3.8, 4) is 11.5 Å². The molecule has 0 unspecified atom stereocenters. The molecular weight excluding hydrogens is 412 g/mol. The summed E-state index contributed by atoms with van der Waals surface area (Å²) < 4.78 is 5.19. The molecule has 0 bridgehead atoms. The Bertz CT molecular complexity index is 607. The molecule has 1 aromatic rings. The molecule has 0 saturated carbocycles. The number of anilines is 1. The van der Waals surface area contributed by atoms with Gasteiger partial charge in [0.1, 0.15) is 11.5 Å². The smallest absolute Gasteiger partial charge is 0.319 e. The molecule has 190 valence electrons. The SMILES string of the molecule is CCCCCCCCCCCCCCCCCCCCNC(=O)Nc1cc(O)ccc1OC. The summed E-state index contributed by atoms with van der Waals surface area (Å²) in [5.41, 5.74) is 0.466. The Kier molecular flexibility index (Phi) is 18.2. The number of benzene rings is 1. The largest absolute Gasteiger partial charge is 0.508 e. The Morgan fingerprint density at radius 3 is 1.67 bits per heavy atom. The van der Waals surface area contributed by atoms with E-state index >= 15 is 0 Å². The Balaban J connectivity index is 1.84. The predicted octanol–water partition coefficient (Wildman–Crippen LogP) is 8.56. The van der Waals surface area contributed by atoms with Gasteiger partial charge in [-0.2, -0.15) is 0 Å². The lowest BCUT2D eigenvalue weighted by Crippen LogP contribution is -2.29. The van der Waals surface area contributed by atoms with E-state index in [9.17, 15) is 9.90 Å². The van der Waals surface area contributed by atoms with Crippen LogP contribution >= 0.6 is 0 Å². The van der Waals surface area contributed by atoms with Crippen LogP contribution in [-0.4, -0.2) is 24.8 Å². The number of ether oxygens (including phenoxy) is 1. The van der Waals surface area contributed by atoms with Crippen LogP contribution in [0.15, 0.2) is 18.2 Å². The molecular formula is C28H50N2O3. The van der Waals surface area contributed by atoms with Crippen molar-refractivity contribution in [2.24, 2.45) is 0 Å². The number of methoxy groups -OCH3 is 1. The van der Waals surface area contributed by atoms with E-state index in [2.05, 4.69) is 17.6 Å². The summed E-state index contributed by atoms with van der Waals surface area (Å²) >= 11 is 0. The highest BCUT2D eigenvalue weighted by Crippen LogP contribution is 2.28. The molecule has 3 N–H and O–H groups in total. The van der Waals surface area contributed by atoms with Crippen LogP contribution in [0.4, 0.5) is 10.5 Å². The van der Waals surface area contributed by atoms with E-state index < -0.39 is 0 Å². The van der Waals surface area contributed by atoms with Gasteiger partial charge < -0.3 is 20.5 Å². The Hall–Kier alpha value is -1.91. The monoisotopic (exact) mass is 462 g/mol. The van der Waals surface area contributed by atoms with E-state index in [4.69, 9.17) is 4.74 Å². The molecule has 0 spiro atoms. The van der Waals surface area contributed by atoms with Crippen molar-refractivity contribution in [2.45, 2.75) is 122 Å². The molecule has 0 atom stereocenters. The van der Waals surface area contributed by atoms with Gasteiger partial charge in [0.2, 0.25) is 0 Å². The van der Waals surface area contributed by atoms with Gasteiger partial charge in [-0.15, -0.1) is 0 Å². The summed E-state index contributed by atoms with van der Waals surface area (Å²) in [6, 6.07) is 4.36. The fourth-order valence-corrected chi connectivity index (χ4v) is 4.19. The third-order valence-electron chi connectivity index (χ3n) is 6.25. The van der Waals surface area contributed by atoms with Crippen LogP contribution < -0.4 is 15.4 Å². The number of carbonyl (C=O) groups excluding carboxylic acids is 1. The minimum Gasteiger partial charge on any atom is -0.508 e. The van der Waals surface area contributed by atoms with Gasteiger partial charge in [-0.25, -0.2) is 4.79 Å². The molecule has 5 heteroatoms. The first-order chi connectivity index (χ1) is 16.2. The topological polar surface area (TPSA) is 70.6 Å². The maximum Gasteiger partial charge on any atom is 0.319 e. The number of hydrogen-bond acceptors (Lipinski definition) is 3. The zero-order chi connectivity index (χ0) is 24.0. The van der Waals surface area contributed by atoms with E-state index in [-0.39, 0.29) is 11.8 Å². The summed E-state index contributed by atoms with van der Waals surface area (Å²) in [5, 5.41) is 15.2. The molecule has 33 heavy (non-hydrogen) atoms. The number of amides is 2.